The Hall–Kier alpha value is -3.71. The highest BCUT2D eigenvalue weighted by Gasteiger charge is 2.23. The minimum atomic E-state index is -0.738. The van der Waals surface area contributed by atoms with Crippen LogP contribution < -0.4 is 15.8 Å². The number of pyridine rings is 1. The fourth-order valence-corrected chi connectivity index (χ4v) is 4.86. The minimum Gasteiger partial charge on any atom is -0.507 e. The molecule has 0 radical (unpaired) electrons. The lowest BCUT2D eigenvalue weighted by Crippen LogP contribution is -2.44. The third-order valence-corrected chi connectivity index (χ3v) is 6.46. The first-order valence-corrected chi connectivity index (χ1v) is 11.3. The Kier molecular flexibility index (Phi) is 5.57. The van der Waals surface area contributed by atoms with Crippen molar-refractivity contribution in [1.82, 2.24) is 9.88 Å². The largest absolute Gasteiger partial charge is 0.507 e. The summed E-state index contributed by atoms with van der Waals surface area (Å²) in [5, 5.41) is 14.2. The minimum absolute atomic E-state index is 0.0973. The van der Waals surface area contributed by atoms with Crippen molar-refractivity contribution in [1.29, 1.82) is 0 Å². The van der Waals surface area contributed by atoms with Crippen LogP contribution in [0.3, 0.4) is 0 Å². The maximum atomic E-state index is 15.5. The van der Waals surface area contributed by atoms with Crippen LogP contribution in [0.4, 0.5) is 14.5 Å². The predicted octanol–water partition coefficient (Wildman–Crippen LogP) is 4.67. The van der Waals surface area contributed by atoms with Crippen molar-refractivity contribution in [3.8, 4) is 22.6 Å². The van der Waals surface area contributed by atoms with Crippen molar-refractivity contribution in [2.24, 2.45) is 0 Å². The summed E-state index contributed by atoms with van der Waals surface area (Å²) in [4.78, 5) is 15.6. The lowest BCUT2D eigenvalue weighted by Gasteiger charge is -2.31. The van der Waals surface area contributed by atoms with E-state index in [0.717, 1.165) is 24.2 Å². The van der Waals surface area contributed by atoms with Crippen LogP contribution >= 0.6 is 0 Å². The molecule has 0 amide bonds. The number of benzene rings is 3. The molecule has 0 aliphatic carbocycles. The predicted molar refractivity (Wildman–Crippen MR) is 131 cm³/mol. The first-order valence-electron chi connectivity index (χ1n) is 11.3. The molecule has 2 N–H and O–H groups in total. The van der Waals surface area contributed by atoms with Crippen LogP contribution in [0.5, 0.6) is 5.75 Å². The zero-order valence-corrected chi connectivity index (χ0v) is 19.0. The molecule has 1 fully saturated rings. The highest BCUT2D eigenvalue weighted by atomic mass is 19.1. The number of para-hydroxylation sites is 1. The van der Waals surface area contributed by atoms with Crippen LogP contribution in [0.1, 0.15) is 11.1 Å². The number of nitrogens with one attached hydrogen (secondary N) is 1. The number of rotatable bonds is 3. The van der Waals surface area contributed by atoms with Gasteiger partial charge in [0.15, 0.2) is 0 Å². The van der Waals surface area contributed by atoms with Gasteiger partial charge in [0.1, 0.15) is 17.4 Å². The van der Waals surface area contributed by atoms with Gasteiger partial charge in [-0.25, -0.2) is 8.78 Å². The molecule has 0 saturated carbocycles. The molecule has 4 aromatic rings. The fourth-order valence-electron chi connectivity index (χ4n) is 4.86. The molecular weight excluding hydrogens is 436 g/mol. The number of halogens is 2. The zero-order chi connectivity index (χ0) is 24.0. The van der Waals surface area contributed by atoms with Gasteiger partial charge in [0, 0.05) is 43.2 Å². The van der Waals surface area contributed by atoms with E-state index in [4.69, 9.17) is 0 Å². The van der Waals surface area contributed by atoms with Crippen molar-refractivity contribution in [3.05, 3.63) is 87.7 Å². The summed E-state index contributed by atoms with van der Waals surface area (Å²) in [6.07, 6.45) is 0. The molecule has 2 heterocycles. The van der Waals surface area contributed by atoms with Gasteiger partial charge >= 0.3 is 0 Å². The normalized spacial score (nSPS) is 14.1. The summed E-state index contributed by atoms with van der Waals surface area (Å²) in [6.45, 7) is 6.70. The number of aromatic hydroxyl groups is 1. The Morgan fingerprint density at radius 3 is 2.26 bits per heavy atom. The molecule has 1 aromatic heterocycles. The van der Waals surface area contributed by atoms with E-state index in [9.17, 15) is 14.3 Å². The second-order valence-corrected chi connectivity index (χ2v) is 8.66. The Morgan fingerprint density at radius 1 is 0.912 bits per heavy atom. The fraction of sp³-hybridized carbons (Fsp3) is 0.222. The van der Waals surface area contributed by atoms with Gasteiger partial charge in [-0.2, -0.15) is 0 Å². The number of piperazine rings is 1. The quantitative estimate of drug-likeness (QED) is 0.466. The molecule has 1 aliphatic heterocycles. The lowest BCUT2D eigenvalue weighted by molar-refractivity contribution is 0.471. The van der Waals surface area contributed by atoms with Gasteiger partial charge in [0.2, 0.25) is 0 Å². The first kappa shape index (κ1) is 22.1. The maximum absolute atomic E-state index is 15.5. The number of phenols is 1. The molecule has 3 aromatic carbocycles. The van der Waals surface area contributed by atoms with Crippen LogP contribution in [0.25, 0.3) is 27.7 Å². The van der Waals surface area contributed by atoms with Crippen molar-refractivity contribution in [3.63, 3.8) is 0 Å². The number of fused-ring (bicyclic) bond motifs is 1. The van der Waals surface area contributed by atoms with Gasteiger partial charge in [0.25, 0.3) is 5.56 Å². The second kappa shape index (κ2) is 8.57. The van der Waals surface area contributed by atoms with Crippen LogP contribution in [0.15, 0.2) is 59.4 Å². The molecule has 174 valence electrons. The third kappa shape index (κ3) is 3.62. The molecule has 5 nitrogen and oxygen atoms in total. The van der Waals surface area contributed by atoms with Crippen LogP contribution in [-0.2, 0) is 0 Å². The highest BCUT2D eigenvalue weighted by molar-refractivity contribution is 5.96. The van der Waals surface area contributed by atoms with Gasteiger partial charge in [-0.05, 0) is 49.2 Å². The second-order valence-electron chi connectivity index (χ2n) is 8.66. The average molecular weight is 462 g/mol. The Balaban J connectivity index is 1.90. The van der Waals surface area contributed by atoms with E-state index in [1.165, 1.54) is 30.3 Å². The molecule has 1 aliphatic rings. The topological polar surface area (TPSA) is 57.5 Å². The summed E-state index contributed by atoms with van der Waals surface area (Å²) in [6, 6.07) is 14.0. The maximum Gasteiger partial charge on any atom is 0.257 e. The molecule has 7 heteroatoms. The van der Waals surface area contributed by atoms with Crippen LogP contribution in [-0.4, -0.2) is 35.9 Å². The van der Waals surface area contributed by atoms with Crippen LogP contribution in [0, 0.1) is 25.5 Å². The molecular formula is C27H25F2N3O2. The van der Waals surface area contributed by atoms with E-state index in [1.54, 1.807) is 10.6 Å². The van der Waals surface area contributed by atoms with Crippen molar-refractivity contribution in [2.45, 2.75) is 13.8 Å². The summed E-state index contributed by atoms with van der Waals surface area (Å²) >= 11 is 0. The molecule has 5 rings (SSSR count). The number of phenolic OH excluding ortho intramolecular Hbond substituents is 1. The van der Waals surface area contributed by atoms with Crippen molar-refractivity contribution < 1.29 is 13.9 Å². The summed E-state index contributed by atoms with van der Waals surface area (Å²) < 4.78 is 31.8. The smallest absolute Gasteiger partial charge is 0.257 e. The monoisotopic (exact) mass is 461 g/mol. The molecule has 0 atom stereocenters. The lowest BCUT2D eigenvalue weighted by atomic mass is 9.99. The number of hydrogen-bond acceptors (Lipinski definition) is 4. The van der Waals surface area contributed by atoms with E-state index in [1.807, 2.05) is 32.0 Å². The number of aryl methyl sites for hydroxylation is 2. The zero-order valence-electron chi connectivity index (χ0n) is 19.0. The van der Waals surface area contributed by atoms with E-state index in [-0.39, 0.29) is 22.4 Å². The molecule has 34 heavy (non-hydrogen) atoms. The number of aromatic nitrogens is 1. The molecule has 0 bridgehead atoms. The Labute approximate surface area is 195 Å². The van der Waals surface area contributed by atoms with Crippen molar-refractivity contribution in [2.75, 3.05) is 31.1 Å². The molecule has 1 saturated heterocycles. The third-order valence-electron chi connectivity index (χ3n) is 6.46. The SMILES string of the molecule is Cc1cccc(C)c1-n1c(=O)cc(N2CCNCC2)c2cc(F)c(-c3c(O)cccc3F)cc21. The van der Waals surface area contributed by atoms with E-state index >= 15 is 4.39 Å². The molecule has 0 spiro atoms. The Morgan fingerprint density at radius 2 is 1.59 bits per heavy atom. The summed E-state index contributed by atoms with van der Waals surface area (Å²) in [5.41, 5.74) is 3.00. The van der Waals surface area contributed by atoms with E-state index in [2.05, 4.69) is 10.2 Å². The van der Waals surface area contributed by atoms with Gasteiger partial charge < -0.3 is 15.3 Å². The van der Waals surface area contributed by atoms with Crippen molar-refractivity contribution >= 4 is 16.6 Å². The van der Waals surface area contributed by atoms with Crippen LogP contribution in [0.2, 0.25) is 0 Å². The number of anilines is 1. The summed E-state index contributed by atoms with van der Waals surface area (Å²) in [7, 11) is 0. The van der Waals surface area contributed by atoms with E-state index < -0.39 is 11.6 Å². The first-order chi connectivity index (χ1) is 16.4. The number of nitrogens with zero attached hydrogens (tertiary/aromatic N) is 2. The van der Waals surface area contributed by atoms with Gasteiger partial charge in [0.05, 0.1) is 22.5 Å². The van der Waals surface area contributed by atoms with Gasteiger partial charge in [-0.15, -0.1) is 0 Å². The van der Waals surface area contributed by atoms with Gasteiger partial charge in [-0.1, -0.05) is 24.3 Å². The highest BCUT2D eigenvalue weighted by Crippen LogP contribution is 2.38. The standard InChI is InChI=1S/C27H25F2N3O2/c1-16-5-3-6-17(2)27(16)32-23-14-18(26-20(28)7-4-8-24(26)33)21(29)13-19(23)22(15-25(32)34)31-11-9-30-10-12-31/h3-8,13-15,30,33H,9-12H2,1-2H3. The average Bonchev–Trinajstić information content (AvgIpc) is 2.81. The Bertz CT molecular complexity index is 1430. The molecule has 0 unspecified atom stereocenters. The van der Waals surface area contributed by atoms with E-state index in [0.29, 0.717) is 35.4 Å². The summed E-state index contributed by atoms with van der Waals surface area (Å²) in [5.74, 6) is -1.77. The number of hydrogen-bond donors (Lipinski definition) is 2. The van der Waals surface area contributed by atoms with Gasteiger partial charge in [-0.3, -0.25) is 9.36 Å².